The zero-order chi connectivity index (χ0) is 22.3. The van der Waals surface area contributed by atoms with Crippen LogP contribution in [0.5, 0.6) is 0 Å². The van der Waals surface area contributed by atoms with E-state index in [1.807, 2.05) is 0 Å². The highest BCUT2D eigenvalue weighted by Gasteiger charge is 2.52. The van der Waals surface area contributed by atoms with E-state index in [4.69, 9.17) is 21.7 Å². The van der Waals surface area contributed by atoms with E-state index in [2.05, 4.69) is 13.2 Å². The largest absolute Gasteiger partial charge is 0.477 e. The Morgan fingerprint density at radius 2 is 1.20 bits per heavy atom. The van der Waals surface area contributed by atoms with Crippen molar-refractivity contribution in [3.63, 3.8) is 0 Å². The summed E-state index contributed by atoms with van der Waals surface area (Å²) in [6.07, 6.45) is 2.95. The summed E-state index contributed by atoms with van der Waals surface area (Å²) in [6.45, 7) is 7.08. The number of rotatable bonds is 4. The van der Waals surface area contributed by atoms with Gasteiger partial charge in [-0.1, -0.05) is 25.3 Å². The summed E-state index contributed by atoms with van der Waals surface area (Å²) < 4.78 is 0. The fraction of sp³-hybridized carbons (Fsp3) is 0.333. The van der Waals surface area contributed by atoms with Crippen molar-refractivity contribution in [2.45, 2.75) is 22.8 Å². The summed E-state index contributed by atoms with van der Waals surface area (Å²) in [7, 11) is 0. The van der Waals surface area contributed by atoms with E-state index in [0.717, 1.165) is 0 Å². The lowest BCUT2D eigenvalue weighted by Crippen LogP contribution is -2.68. The van der Waals surface area contributed by atoms with Crippen LogP contribution in [0.3, 0.4) is 0 Å². The van der Waals surface area contributed by atoms with Crippen molar-refractivity contribution in [1.29, 1.82) is 0 Å². The van der Waals surface area contributed by atoms with Crippen molar-refractivity contribution in [2.75, 3.05) is 11.5 Å². The average Bonchev–Trinajstić information content (AvgIpc) is 2.75. The van der Waals surface area contributed by atoms with E-state index in [0.29, 0.717) is 22.7 Å². The molecule has 4 aliphatic heterocycles. The number of carboxylic acid groups (broad SMARTS) is 2. The highest BCUT2D eigenvalue weighted by molar-refractivity contribution is 8.00. The molecule has 0 radical (unpaired) electrons. The number of allylic oxidation sites excluding steroid dienone is 2. The molecule has 12 heteroatoms. The lowest BCUT2D eigenvalue weighted by Gasteiger charge is -2.47. The molecule has 4 heterocycles. The summed E-state index contributed by atoms with van der Waals surface area (Å²) >= 11 is 2.93. The number of nitrogens with two attached hydrogens (primary N) is 2. The van der Waals surface area contributed by atoms with E-state index in [1.54, 1.807) is 0 Å². The first-order valence-electron chi connectivity index (χ1n) is 8.73. The maximum absolute atomic E-state index is 11.4. The number of hydrogen-bond acceptors (Lipinski definition) is 8. The van der Waals surface area contributed by atoms with Crippen molar-refractivity contribution in [3.8, 4) is 0 Å². The number of thioether (sulfide) groups is 2. The van der Waals surface area contributed by atoms with Crippen molar-refractivity contribution in [2.24, 2.45) is 11.5 Å². The summed E-state index contributed by atoms with van der Waals surface area (Å²) in [5, 5.41) is 17.6. The van der Waals surface area contributed by atoms with Gasteiger partial charge in [-0.05, 0) is 11.1 Å². The maximum Gasteiger partial charge on any atom is 0.352 e. The van der Waals surface area contributed by atoms with Gasteiger partial charge in [-0.2, -0.15) is 0 Å². The second kappa shape index (κ2) is 8.30. The van der Waals surface area contributed by atoms with Gasteiger partial charge in [0.05, 0.1) is 0 Å². The van der Waals surface area contributed by atoms with Crippen LogP contribution in [0.4, 0.5) is 0 Å². The minimum absolute atomic E-state index is 0.0282. The molecule has 0 aromatic carbocycles. The van der Waals surface area contributed by atoms with Crippen molar-refractivity contribution < 1.29 is 29.4 Å². The number of aliphatic carboxylic acids is 2. The topological polar surface area (TPSA) is 167 Å². The van der Waals surface area contributed by atoms with Crippen LogP contribution in [0.1, 0.15) is 0 Å². The SMILES string of the molecule is C=CC1=C(C(=O)O)N2C(=O)C(N)[C@H]2SC1.C=CC1=C(C(=O)O)N2C(=O)[C@@H](N)[C@H]2SC1. The summed E-state index contributed by atoms with van der Waals surface area (Å²) in [6, 6.07) is -1.15. The molecule has 2 saturated heterocycles. The molecule has 0 aromatic rings. The second-order valence-electron chi connectivity index (χ2n) is 6.64. The van der Waals surface area contributed by atoms with Gasteiger partial charge >= 0.3 is 11.9 Å². The summed E-state index contributed by atoms with van der Waals surface area (Å²) in [4.78, 5) is 47.4. The van der Waals surface area contributed by atoms with Crippen LogP contribution in [0, 0.1) is 0 Å². The average molecular weight is 453 g/mol. The van der Waals surface area contributed by atoms with Crippen LogP contribution < -0.4 is 11.5 Å². The molecule has 6 N–H and O–H groups in total. The zero-order valence-electron chi connectivity index (χ0n) is 15.7. The fourth-order valence-electron chi connectivity index (χ4n) is 3.39. The summed E-state index contributed by atoms with van der Waals surface area (Å²) in [5.41, 5.74) is 12.3. The normalized spacial score (nSPS) is 29.7. The number of nitrogens with zero attached hydrogens (tertiary/aromatic N) is 2. The third kappa shape index (κ3) is 3.35. The predicted molar refractivity (Wildman–Crippen MR) is 112 cm³/mol. The first kappa shape index (κ1) is 22.2. The molecule has 1 unspecified atom stereocenters. The van der Waals surface area contributed by atoms with E-state index in [1.165, 1.54) is 45.5 Å². The maximum atomic E-state index is 11.4. The molecule has 30 heavy (non-hydrogen) atoms. The van der Waals surface area contributed by atoms with Gasteiger partial charge < -0.3 is 21.7 Å². The van der Waals surface area contributed by atoms with E-state index >= 15 is 0 Å². The molecule has 0 bridgehead atoms. The monoisotopic (exact) mass is 452 g/mol. The van der Waals surface area contributed by atoms with Gasteiger partial charge in [0.2, 0.25) is 11.8 Å². The van der Waals surface area contributed by atoms with Crippen LogP contribution >= 0.6 is 23.5 Å². The van der Waals surface area contributed by atoms with Crippen molar-refractivity contribution in [1.82, 2.24) is 9.80 Å². The molecule has 0 saturated carbocycles. The van der Waals surface area contributed by atoms with Gasteiger partial charge in [0, 0.05) is 11.5 Å². The molecule has 2 fully saturated rings. The molecule has 0 aliphatic carbocycles. The highest BCUT2D eigenvalue weighted by Crippen LogP contribution is 2.40. The third-order valence-electron chi connectivity index (χ3n) is 4.98. The summed E-state index contributed by atoms with van der Waals surface area (Å²) in [5.74, 6) is -1.79. The van der Waals surface area contributed by atoms with E-state index in [9.17, 15) is 19.2 Å². The Morgan fingerprint density at radius 3 is 1.47 bits per heavy atom. The fourth-order valence-corrected chi connectivity index (χ4v) is 5.97. The van der Waals surface area contributed by atoms with Gasteiger partial charge in [-0.25, -0.2) is 9.59 Å². The molecular formula is C18H20N4O6S2. The lowest BCUT2D eigenvalue weighted by molar-refractivity contribution is -0.147. The first-order valence-corrected chi connectivity index (χ1v) is 10.8. The van der Waals surface area contributed by atoms with Gasteiger partial charge in [-0.15, -0.1) is 23.5 Å². The number of carbonyl (C=O) groups excluding carboxylic acids is 2. The molecule has 0 spiro atoms. The van der Waals surface area contributed by atoms with E-state index < -0.39 is 24.0 Å². The van der Waals surface area contributed by atoms with Gasteiger partial charge in [-0.3, -0.25) is 19.4 Å². The Morgan fingerprint density at radius 1 is 0.867 bits per heavy atom. The quantitative estimate of drug-likeness (QED) is 0.408. The van der Waals surface area contributed by atoms with Gasteiger partial charge in [0.15, 0.2) is 0 Å². The molecule has 160 valence electrons. The molecular weight excluding hydrogens is 432 g/mol. The minimum atomic E-state index is -1.10. The van der Waals surface area contributed by atoms with Crippen LogP contribution in [0.25, 0.3) is 0 Å². The third-order valence-corrected chi connectivity index (χ3v) is 7.62. The second-order valence-corrected chi connectivity index (χ2v) is 8.85. The number of hydrogen-bond donors (Lipinski definition) is 4. The van der Waals surface area contributed by atoms with Crippen LogP contribution in [-0.4, -0.2) is 78.1 Å². The van der Waals surface area contributed by atoms with Crippen molar-refractivity contribution >= 4 is 47.3 Å². The number of fused-ring (bicyclic) bond motifs is 2. The van der Waals surface area contributed by atoms with E-state index in [-0.39, 0.29) is 34.0 Å². The van der Waals surface area contributed by atoms with Crippen LogP contribution in [0.15, 0.2) is 47.9 Å². The molecule has 4 atom stereocenters. The zero-order valence-corrected chi connectivity index (χ0v) is 17.3. The molecule has 10 nitrogen and oxygen atoms in total. The molecule has 4 aliphatic rings. The molecule has 0 aromatic heterocycles. The lowest BCUT2D eigenvalue weighted by atomic mass is 10.0. The number of β-lactam (4-membered cyclic amide) rings is 2. The Bertz CT molecular complexity index is 856. The Kier molecular flexibility index (Phi) is 6.13. The molecule has 2 amide bonds. The molecule has 4 rings (SSSR count). The number of amides is 2. The Labute approximate surface area is 180 Å². The first-order chi connectivity index (χ1) is 14.1. The minimum Gasteiger partial charge on any atom is -0.477 e. The van der Waals surface area contributed by atoms with Gasteiger partial charge in [0.25, 0.3) is 0 Å². The Balaban J connectivity index is 0.000000171. The Hall–Kier alpha value is -2.54. The van der Waals surface area contributed by atoms with Gasteiger partial charge in [0.1, 0.15) is 34.2 Å². The number of carboxylic acids is 2. The van der Waals surface area contributed by atoms with Crippen LogP contribution in [-0.2, 0) is 19.2 Å². The van der Waals surface area contributed by atoms with Crippen molar-refractivity contribution in [3.05, 3.63) is 47.9 Å². The van der Waals surface area contributed by atoms with Crippen LogP contribution in [0.2, 0.25) is 0 Å². The number of carbonyl (C=O) groups is 4. The smallest absolute Gasteiger partial charge is 0.352 e. The highest BCUT2D eigenvalue weighted by atomic mass is 32.2. The predicted octanol–water partition coefficient (Wildman–Crippen LogP) is -0.493. The standard InChI is InChI=1S/2C9H10N2O3S/c2*1-2-4-3-15-8-5(10)7(12)11(8)6(4)9(13)14/h2*2,5,8H,1,3,10H2,(H,13,14)/t5?,8-;5-,8-/m11/s1.